The maximum Gasteiger partial charge on any atom is 0.225 e. The molecule has 31 heavy (non-hydrogen) atoms. The summed E-state index contributed by atoms with van der Waals surface area (Å²) in [5, 5.41) is 4.40. The van der Waals surface area contributed by atoms with E-state index in [1.165, 1.54) is 11.3 Å². The minimum atomic E-state index is -3.75. The van der Waals surface area contributed by atoms with Gasteiger partial charge in [0.15, 0.2) is 11.5 Å². The van der Waals surface area contributed by atoms with E-state index < -0.39 is 9.84 Å². The van der Waals surface area contributed by atoms with E-state index in [1.54, 1.807) is 42.8 Å². The van der Waals surface area contributed by atoms with Gasteiger partial charge in [-0.3, -0.25) is 4.79 Å². The van der Waals surface area contributed by atoms with Crippen LogP contribution in [-0.4, -0.2) is 27.5 Å². The standard InChI is InChI=1S/C23H23NO5S2/c1-14(2)29-18-10-9-15(11-19(18)28-3)17-12-21(25)24-22-20(13-30-23(17)22)31(26,27)16-7-5-4-6-8-16/h4-11,13-14,17H,12H2,1-3H3,(H,24,25). The van der Waals surface area contributed by atoms with Gasteiger partial charge in [0.2, 0.25) is 15.7 Å². The van der Waals surface area contributed by atoms with Crippen LogP contribution in [0.15, 0.2) is 63.7 Å². The van der Waals surface area contributed by atoms with Gasteiger partial charge >= 0.3 is 0 Å². The molecule has 0 saturated heterocycles. The number of benzene rings is 2. The summed E-state index contributed by atoms with van der Waals surface area (Å²) < 4.78 is 37.6. The van der Waals surface area contributed by atoms with Crippen LogP contribution >= 0.6 is 11.3 Å². The molecule has 1 aliphatic rings. The molecule has 2 heterocycles. The van der Waals surface area contributed by atoms with Crippen LogP contribution in [0.4, 0.5) is 5.69 Å². The molecule has 4 rings (SSSR count). The molecule has 6 nitrogen and oxygen atoms in total. The second-order valence-electron chi connectivity index (χ2n) is 7.54. The highest BCUT2D eigenvalue weighted by atomic mass is 32.2. The molecule has 8 heteroatoms. The van der Waals surface area contributed by atoms with Crippen LogP contribution < -0.4 is 14.8 Å². The van der Waals surface area contributed by atoms with E-state index in [4.69, 9.17) is 9.47 Å². The number of carbonyl (C=O) groups is 1. The molecule has 1 atom stereocenters. The fourth-order valence-corrected chi connectivity index (χ4v) is 6.58. The first-order chi connectivity index (χ1) is 14.8. The number of carbonyl (C=O) groups excluding carboxylic acids is 1. The average Bonchev–Trinajstić information content (AvgIpc) is 3.18. The van der Waals surface area contributed by atoms with E-state index in [2.05, 4.69) is 5.32 Å². The van der Waals surface area contributed by atoms with Gasteiger partial charge in [-0.05, 0) is 43.7 Å². The van der Waals surface area contributed by atoms with Crippen molar-refractivity contribution in [2.75, 3.05) is 12.4 Å². The Bertz CT molecular complexity index is 1220. The van der Waals surface area contributed by atoms with Crippen molar-refractivity contribution in [2.45, 2.75) is 42.1 Å². The Morgan fingerprint density at radius 2 is 1.84 bits per heavy atom. The van der Waals surface area contributed by atoms with Gasteiger partial charge in [-0.1, -0.05) is 24.3 Å². The molecule has 2 aromatic carbocycles. The number of anilines is 1. The number of hydrogen-bond acceptors (Lipinski definition) is 6. The Balaban J connectivity index is 1.77. The van der Waals surface area contributed by atoms with Gasteiger partial charge in [-0.15, -0.1) is 11.3 Å². The first-order valence-electron chi connectivity index (χ1n) is 9.87. The highest BCUT2D eigenvalue weighted by Crippen LogP contribution is 2.47. The molecular formula is C23H23NO5S2. The molecule has 1 N–H and O–H groups in total. The van der Waals surface area contributed by atoms with Crippen molar-refractivity contribution >= 4 is 32.8 Å². The molecule has 3 aromatic rings. The van der Waals surface area contributed by atoms with Gasteiger partial charge in [-0.2, -0.15) is 0 Å². The van der Waals surface area contributed by atoms with E-state index >= 15 is 0 Å². The SMILES string of the molecule is COc1cc(C2CC(=O)Nc3c(S(=O)(=O)c4ccccc4)csc32)ccc1OC(C)C. The Morgan fingerprint density at radius 3 is 2.52 bits per heavy atom. The number of ether oxygens (including phenoxy) is 2. The number of methoxy groups -OCH3 is 1. The van der Waals surface area contributed by atoms with E-state index in [9.17, 15) is 13.2 Å². The summed E-state index contributed by atoms with van der Waals surface area (Å²) in [7, 11) is -2.18. The first kappa shape index (κ1) is 21.4. The quantitative estimate of drug-likeness (QED) is 0.572. The van der Waals surface area contributed by atoms with Crippen LogP contribution in [0.5, 0.6) is 11.5 Å². The summed E-state index contributed by atoms with van der Waals surface area (Å²) in [5.41, 5.74) is 1.24. The molecule has 0 radical (unpaired) electrons. The zero-order valence-corrected chi connectivity index (χ0v) is 19.0. The van der Waals surface area contributed by atoms with Crippen LogP contribution in [-0.2, 0) is 14.6 Å². The lowest BCUT2D eigenvalue weighted by Crippen LogP contribution is -2.23. The van der Waals surface area contributed by atoms with Crippen LogP contribution in [0.2, 0.25) is 0 Å². The summed E-state index contributed by atoms with van der Waals surface area (Å²) in [6.45, 7) is 3.87. The van der Waals surface area contributed by atoms with E-state index in [1.807, 2.05) is 32.0 Å². The van der Waals surface area contributed by atoms with Gasteiger partial charge < -0.3 is 14.8 Å². The largest absolute Gasteiger partial charge is 0.493 e. The highest BCUT2D eigenvalue weighted by Gasteiger charge is 2.34. The normalized spacial score (nSPS) is 16.0. The minimum Gasteiger partial charge on any atom is -0.493 e. The van der Waals surface area contributed by atoms with Crippen molar-refractivity contribution in [2.24, 2.45) is 0 Å². The van der Waals surface area contributed by atoms with Gasteiger partial charge in [0.1, 0.15) is 4.90 Å². The summed E-state index contributed by atoms with van der Waals surface area (Å²) in [4.78, 5) is 13.7. The molecule has 0 fully saturated rings. The number of fused-ring (bicyclic) bond motifs is 1. The predicted octanol–water partition coefficient (Wildman–Crippen LogP) is 4.85. The molecule has 1 unspecified atom stereocenters. The maximum atomic E-state index is 13.2. The van der Waals surface area contributed by atoms with Crippen molar-refractivity contribution in [3.05, 3.63) is 64.4 Å². The zero-order valence-electron chi connectivity index (χ0n) is 17.4. The molecule has 0 bridgehead atoms. The number of nitrogens with one attached hydrogen (secondary N) is 1. The Hall–Kier alpha value is -2.84. The van der Waals surface area contributed by atoms with E-state index in [-0.39, 0.29) is 34.1 Å². The maximum absolute atomic E-state index is 13.2. The second-order valence-corrected chi connectivity index (χ2v) is 10.4. The van der Waals surface area contributed by atoms with E-state index in [0.717, 1.165) is 10.4 Å². The summed E-state index contributed by atoms with van der Waals surface area (Å²) in [6, 6.07) is 13.8. The number of hydrogen-bond donors (Lipinski definition) is 1. The predicted molar refractivity (Wildman–Crippen MR) is 120 cm³/mol. The molecule has 0 spiro atoms. The third-order valence-corrected chi connectivity index (χ3v) is 8.09. The fraction of sp³-hybridized carbons (Fsp3) is 0.261. The molecule has 1 amide bonds. The molecular weight excluding hydrogens is 434 g/mol. The van der Waals surface area contributed by atoms with Crippen LogP contribution in [0.25, 0.3) is 0 Å². The number of sulfone groups is 1. The van der Waals surface area contributed by atoms with Crippen molar-refractivity contribution in [1.82, 2.24) is 0 Å². The molecule has 0 saturated carbocycles. The monoisotopic (exact) mass is 457 g/mol. The van der Waals surface area contributed by atoms with Crippen LogP contribution in [0.1, 0.15) is 36.6 Å². The van der Waals surface area contributed by atoms with Crippen molar-refractivity contribution in [1.29, 1.82) is 0 Å². The summed E-state index contributed by atoms with van der Waals surface area (Å²) in [6.07, 6.45) is 0.223. The summed E-state index contributed by atoms with van der Waals surface area (Å²) in [5.74, 6) is 0.713. The van der Waals surface area contributed by atoms with E-state index in [0.29, 0.717) is 17.2 Å². The molecule has 1 aliphatic heterocycles. The van der Waals surface area contributed by atoms with Crippen molar-refractivity contribution in [3.8, 4) is 11.5 Å². The number of thiophene rings is 1. The lowest BCUT2D eigenvalue weighted by molar-refractivity contribution is -0.116. The number of rotatable bonds is 6. The van der Waals surface area contributed by atoms with Crippen molar-refractivity contribution < 1.29 is 22.7 Å². The third-order valence-electron chi connectivity index (χ3n) is 5.05. The fourth-order valence-electron chi connectivity index (χ4n) is 3.65. The second kappa shape index (κ2) is 8.36. The van der Waals surface area contributed by atoms with Crippen LogP contribution in [0.3, 0.4) is 0 Å². The Kier molecular flexibility index (Phi) is 5.77. The van der Waals surface area contributed by atoms with Gasteiger partial charge in [0.05, 0.1) is 23.8 Å². The smallest absolute Gasteiger partial charge is 0.225 e. The molecule has 1 aromatic heterocycles. The van der Waals surface area contributed by atoms with Crippen LogP contribution in [0, 0.1) is 0 Å². The van der Waals surface area contributed by atoms with Gasteiger partial charge in [-0.25, -0.2) is 8.42 Å². The first-order valence-corrected chi connectivity index (χ1v) is 12.2. The Labute approximate surface area is 185 Å². The average molecular weight is 458 g/mol. The topological polar surface area (TPSA) is 81.7 Å². The lowest BCUT2D eigenvalue weighted by Gasteiger charge is -2.24. The number of amides is 1. The van der Waals surface area contributed by atoms with Crippen molar-refractivity contribution in [3.63, 3.8) is 0 Å². The molecule has 0 aliphatic carbocycles. The molecule has 162 valence electrons. The van der Waals surface area contributed by atoms with Gasteiger partial charge in [0.25, 0.3) is 0 Å². The Morgan fingerprint density at radius 1 is 1.10 bits per heavy atom. The third kappa shape index (κ3) is 4.05. The zero-order chi connectivity index (χ0) is 22.2. The highest BCUT2D eigenvalue weighted by molar-refractivity contribution is 7.91. The summed E-state index contributed by atoms with van der Waals surface area (Å²) >= 11 is 1.34. The lowest BCUT2D eigenvalue weighted by atomic mass is 9.90. The minimum absolute atomic E-state index is 0.00476. The van der Waals surface area contributed by atoms with Gasteiger partial charge in [0, 0.05) is 22.6 Å².